The van der Waals surface area contributed by atoms with E-state index >= 15 is 0 Å². The van der Waals surface area contributed by atoms with Crippen LogP contribution in [0, 0.1) is 5.92 Å². The molecule has 3 N–H and O–H groups in total. The molecular weight excluding hydrogens is 192 g/mol. The van der Waals surface area contributed by atoms with Crippen molar-refractivity contribution in [2.75, 3.05) is 6.54 Å². The molecule has 0 rings (SSSR count). The maximum atomic E-state index is 11.8. The monoisotopic (exact) mass is 214 g/mol. The zero-order valence-corrected chi connectivity index (χ0v) is 9.66. The highest BCUT2D eigenvalue weighted by molar-refractivity contribution is 5.87. The van der Waals surface area contributed by atoms with E-state index in [1.165, 1.54) is 0 Å². The van der Waals surface area contributed by atoms with Crippen LogP contribution in [0.5, 0.6) is 0 Å². The third-order valence-electron chi connectivity index (χ3n) is 2.66. The lowest BCUT2D eigenvalue weighted by Gasteiger charge is -2.18. The van der Waals surface area contributed by atoms with Crippen molar-refractivity contribution in [1.29, 1.82) is 0 Å². The van der Waals surface area contributed by atoms with Crippen LogP contribution in [0.4, 0.5) is 0 Å². The third-order valence-corrected chi connectivity index (χ3v) is 2.66. The number of carbonyl (C=O) groups excluding carboxylic acids is 2. The fraction of sp³-hybridized carbons (Fsp3) is 0.818. The van der Waals surface area contributed by atoms with E-state index in [0.29, 0.717) is 19.4 Å². The predicted molar refractivity (Wildman–Crippen MR) is 60.4 cm³/mol. The Morgan fingerprint density at radius 1 is 1.47 bits per heavy atom. The van der Waals surface area contributed by atoms with Gasteiger partial charge < -0.3 is 11.1 Å². The standard InChI is InChI=1S/C11H22N2O2/c1-3-9(2)11(15)10(13-8-14)6-4-5-7-12/h8-10H,3-7,12H2,1-2H3,(H,13,14). The van der Waals surface area contributed by atoms with E-state index in [1.54, 1.807) is 0 Å². The first kappa shape index (κ1) is 14.1. The highest BCUT2D eigenvalue weighted by Gasteiger charge is 2.21. The van der Waals surface area contributed by atoms with Crippen LogP contribution in [0.3, 0.4) is 0 Å². The molecule has 15 heavy (non-hydrogen) atoms. The minimum Gasteiger partial charge on any atom is -0.349 e. The van der Waals surface area contributed by atoms with Crippen molar-refractivity contribution < 1.29 is 9.59 Å². The molecule has 0 aliphatic heterocycles. The Morgan fingerprint density at radius 3 is 2.60 bits per heavy atom. The molecule has 0 aliphatic rings. The number of rotatable bonds is 9. The van der Waals surface area contributed by atoms with E-state index in [2.05, 4.69) is 5.32 Å². The number of unbranched alkanes of at least 4 members (excludes halogenated alkanes) is 1. The van der Waals surface area contributed by atoms with Gasteiger partial charge in [-0.3, -0.25) is 9.59 Å². The number of hydrogen-bond donors (Lipinski definition) is 2. The highest BCUT2D eigenvalue weighted by atomic mass is 16.1. The third kappa shape index (κ3) is 5.52. The van der Waals surface area contributed by atoms with Crippen molar-refractivity contribution >= 4 is 12.2 Å². The first-order chi connectivity index (χ1) is 7.17. The molecule has 0 aromatic heterocycles. The smallest absolute Gasteiger partial charge is 0.207 e. The van der Waals surface area contributed by atoms with Crippen molar-refractivity contribution in [2.45, 2.75) is 45.6 Å². The summed E-state index contributed by atoms with van der Waals surface area (Å²) in [5.74, 6) is 0.141. The van der Waals surface area contributed by atoms with Gasteiger partial charge >= 0.3 is 0 Å². The Balaban J connectivity index is 4.11. The Kier molecular flexibility index (Phi) is 7.91. The summed E-state index contributed by atoms with van der Waals surface area (Å²) in [7, 11) is 0. The number of carbonyl (C=O) groups is 2. The van der Waals surface area contributed by atoms with Crippen LogP contribution >= 0.6 is 0 Å². The molecule has 0 bridgehead atoms. The summed E-state index contributed by atoms with van der Waals surface area (Å²) in [6.45, 7) is 4.50. The second-order valence-corrected chi connectivity index (χ2v) is 3.83. The number of nitrogens with one attached hydrogen (secondary N) is 1. The normalized spacial score (nSPS) is 14.3. The van der Waals surface area contributed by atoms with E-state index in [-0.39, 0.29) is 17.7 Å². The molecule has 0 spiro atoms. The Hall–Kier alpha value is -0.900. The molecule has 0 aliphatic carbocycles. The molecule has 2 unspecified atom stereocenters. The van der Waals surface area contributed by atoms with Crippen molar-refractivity contribution in [2.24, 2.45) is 11.7 Å². The number of ketones is 1. The van der Waals surface area contributed by atoms with Gasteiger partial charge in [-0.05, 0) is 32.2 Å². The van der Waals surface area contributed by atoms with E-state index in [9.17, 15) is 9.59 Å². The minimum atomic E-state index is -0.330. The van der Waals surface area contributed by atoms with Gasteiger partial charge in [0.2, 0.25) is 6.41 Å². The highest BCUT2D eigenvalue weighted by Crippen LogP contribution is 2.10. The molecule has 0 saturated carbocycles. The van der Waals surface area contributed by atoms with Crippen LogP contribution < -0.4 is 11.1 Å². The average Bonchev–Trinajstić information content (AvgIpc) is 2.26. The second kappa shape index (κ2) is 8.41. The Labute approximate surface area is 91.6 Å². The molecule has 4 heteroatoms. The summed E-state index contributed by atoms with van der Waals surface area (Å²) in [6, 6.07) is -0.330. The zero-order valence-electron chi connectivity index (χ0n) is 9.66. The van der Waals surface area contributed by atoms with Crippen molar-refractivity contribution in [3.05, 3.63) is 0 Å². The molecule has 4 nitrogen and oxygen atoms in total. The van der Waals surface area contributed by atoms with E-state index in [0.717, 1.165) is 19.3 Å². The van der Waals surface area contributed by atoms with Crippen molar-refractivity contribution in [3.63, 3.8) is 0 Å². The quantitative estimate of drug-likeness (QED) is 0.441. The summed E-state index contributed by atoms with van der Waals surface area (Å²) < 4.78 is 0. The van der Waals surface area contributed by atoms with Gasteiger partial charge in [-0.2, -0.15) is 0 Å². The van der Waals surface area contributed by atoms with E-state index in [1.807, 2.05) is 13.8 Å². The largest absolute Gasteiger partial charge is 0.349 e. The number of hydrogen-bond acceptors (Lipinski definition) is 3. The summed E-state index contributed by atoms with van der Waals surface area (Å²) in [5.41, 5.74) is 5.38. The van der Waals surface area contributed by atoms with E-state index in [4.69, 9.17) is 5.73 Å². The van der Waals surface area contributed by atoms with Crippen LogP contribution in [0.1, 0.15) is 39.5 Å². The lowest BCUT2D eigenvalue weighted by atomic mass is 9.94. The lowest BCUT2D eigenvalue weighted by molar-refractivity contribution is -0.126. The van der Waals surface area contributed by atoms with Crippen LogP contribution in [-0.2, 0) is 9.59 Å². The predicted octanol–water partition coefficient (Wildman–Crippen LogP) is 0.845. The van der Waals surface area contributed by atoms with Crippen molar-refractivity contribution in [1.82, 2.24) is 5.32 Å². The zero-order chi connectivity index (χ0) is 11.7. The van der Waals surface area contributed by atoms with Gasteiger partial charge in [0.25, 0.3) is 0 Å². The minimum absolute atomic E-state index is 0.0142. The molecule has 2 atom stereocenters. The molecular formula is C11H22N2O2. The maximum Gasteiger partial charge on any atom is 0.207 e. The number of amides is 1. The molecule has 0 radical (unpaired) electrons. The summed E-state index contributed by atoms with van der Waals surface area (Å²) in [6.07, 6.45) is 3.88. The van der Waals surface area contributed by atoms with Crippen LogP contribution in [0.15, 0.2) is 0 Å². The van der Waals surface area contributed by atoms with Gasteiger partial charge in [-0.25, -0.2) is 0 Å². The maximum absolute atomic E-state index is 11.8. The van der Waals surface area contributed by atoms with Crippen molar-refractivity contribution in [3.8, 4) is 0 Å². The van der Waals surface area contributed by atoms with Gasteiger partial charge in [-0.15, -0.1) is 0 Å². The second-order valence-electron chi connectivity index (χ2n) is 3.83. The van der Waals surface area contributed by atoms with Gasteiger partial charge in [0.05, 0.1) is 6.04 Å². The fourth-order valence-corrected chi connectivity index (χ4v) is 1.43. The van der Waals surface area contributed by atoms with Gasteiger partial charge in [0.1, 0.15) is 0 Å². The molecule has 1 amide bonds. The molecule has 0 aromatic carbocycles. The molecule has 0 aromatic rings. The van der Waals surface area contributed by atoms with E-state index < -0.39 is 0 Å². The fourth-order valence-electron chi connectivity index (χ4n) is 1.43. The number of Topliss-reactive ketones (excluding diaryl/α,β-unsaturated/α-hetero) is 1. The molecule has 0 saturated heterocycles. The first-order valence-electron chi connectivity index (χ1n) is 5.60. The summed E-state index contributed by atoms with van der Waals surface area (Å²) >= 11 is 0. The number of nitrogens with two attached hydrogens (primary N) is 1. The lowest BCUT2D eigenvalue weighted by Crippen LogP contribution is -2.38. The van der Waals surface area contributed by atoms with Crippen LogP contribution in [0.2, 0.25) is 0 Å². The SMILES string of the molecule is CCC(C)C(=O)C(CCCCN)NC=O. The van der Waals surface area contributed by atoms with Gasteiger partial charge in [-0.1, -0.05) is 13.8 Å². The van der Waals surface area contributed by atoms with Gasteiger partial charge in [0, 0.05) is 5.92 Å². The molecule has 0 fully saturated rings. The first-order valence-corrected chi connectivity index (χ1v) is 5.60. The Bertz CT molecular complexity index is 195. The van der Waals surface area contributed by atoms with Crippen LogP contribution in [0.25, 0.3) is 0 Å². The average molecular weight is 214 g/mol. The summed E-state index contributed by atoms with van der Waals surface area (Å²) in [4.78, 5) is 22.2. The van der Waals surface area contributed by atoms with Gasteiger partial charge in [0.15, 0.2) is 5.78 Å². The summed E-state index contributed by atoms with van der Waals surface area (Å²) in [5, 5.41) is 2.59. The Morgan fingerprint density at radius 2 is 2.13 bits per heavy atom. The topological polar surface area (TPSA) is 72.2 Å². The molecule has 88 valence electrons. The molecule has 0 heterocycles. The van der Waals surface area contributed by atoms with Crippen LogP contribution in [-0.4, -0.2) is 24.8 Å².